The van der Waals surface area contributed by atoms with Crippen molar-refractivity contribution in [2.75, 3.05) is 0 Å². The summed E-state index contributed by atoms with van der Waals surface area (Å²) in [6.07, 6.45) is 1.27. The van der Waals surface area contributed by atoms with Crippen LogP contribution >= 0.6 is 8.25 Å². The lowest BCUT2D eigenvalue weighted by Gasteiger charge is -2.05. The molecule has 200 valence electrons. The van der Waals surface area contributed by atoms with Gasteiger partial charge in [-0.25, -0.2) is 4.79 Å². The Kier molecular flexibility index (Phi) is 12.4. The summed E-state index contributed by atoms with van der Waals surface area (Å²) in [4.78, 5) is 23.2. The number of ether oxygens (including phenoxy) is 1. The molecule has 0 spiro atoms. The van der Waals surface area contributed by atoms with E-state index in [9.17, 15) is 14.2 Å². The van der Waals surface area contributed by atoms with Gasteiger partial charge in [0.25, 0.3) is 0 Å². The maximum Gasteiger partial charge on any atom is 0.815 e. The SMILES string of the molecule is NC(Cc1ccccc1)C(=O)O[P+](=O)OC(=O)OCc1ccccc1.c1ccc(CCc2ccccc2)cc1. The maximum absolute atomic E-state index is 11.8. The van der Waals surface area contributed by atoms with E-state index >= 15 is 0 Å². The number of carbonyl (C=O) groups is 2. The zero-order chi connectivity index (χ0) is 27.7. The van der Waals surface area contributed by atoms with Gasteiger partial charge >= 0.3 is 20.4 Å². The van der Waals surface area contributed by atoms with Gasteiger partial charge in [-0.3, -0.25) is 0 Å². The van der Waals surface area contributed by atoms with Gasteiger partial charge in [0, 0.05) is 4.57 Å². The summed E-state index contributed by atoms with van der Waals surface area (Å²) in [5.41, 5.74) is 10.1. The summed E-state index contributed by atoms with van der Waals surface area (Å²) in [5.74, 6) is -0.930. The normalized spacial score (nSPS) is 11.3. The van der Waals surface area contributed by atoms with Crippen LogP contribution < -0.4 is 5.73 Å². The van der Waals surface area contributed by atoms with Crippen LogP contribution in [0, 0.1) is 0 Å². The predicted molar refractivity (Wildman–Crippen MR) is 150 cm³/mol. The molecule has 39 heavy (non-hydrogen) atoms. The van der Waals surface area contributed by atoms with Crippen LogP contribution in [0.4, 0.5) is 4.79 Å². The lowest BCUT2D eigenvalue weighted by molar-refractivity contribution is -0.135. The third-order valence-electron chi connectivity index (χ3n) is 5.50. The topological polar surface area (TPSA) is 105 Å². The first-order chi connectivity index (χ1) is 19.0. The van der Waals surface area contributed by atoms with Gasteiger partial charge in [0.2, 0.25) is 0 Å². The molecule has 7 nitrogen and oxygen atoms in total. The van der Waals surface area contributed by atoms with Gasteiger partial charge in [0.05, 0.1) is 0 Å². The molecule has 0 fully saturated rings. The fourth-order valence-corrected chi connectivity index (χ4v) is 3.99. The zero-order valence-electron chi connectivity index (χ0n) is 21.4. The van der Waals surface area contributed by atoms with Crippen LogP contribution in [0.5, 0.6) is 0 Å². The third-order valence-corrected chi connectivity index (χ3v) is 6.13. The van der Waals surface area contributed by atoms with Gasteiger partial charge in [-0.05, 0) is 41.5 Å². The summed E-state index contributed by atoms with van der Waals surface area (Å²) in [6, 6.07) is 38.1. The number of hydrogen-bond donors (Lipinski definition) is 1. The Labute approximate surface area is 229 Å². The molecule has 0 aromatic heterocycles. The molecule has 0 aliphatic carbocycles. The molecule has 0 bridgehead atoms. The van der Waals surface area contributed by atoms with E-state index in [1.54, 1.807) is 48.5 Å². The molecule has 4 aromatic carbocycles. The zero-order valence-corrected chi connectivity index (χ0v) is 22.3. The van der Waals surface area contributed by atoms with Crippen LogP contribution in [0.15, 0.2) is 121 Å². The number of hydrogen-bond acceptors (Lipinski definition) is 7. The minimum atomic E-state index is -3.00. The van der Waals surface area contributed by atoms with Crippen molar-refractivity contribution in [1.82, 2.24) is 0 Å². The number of aryl methyl sites for hydroxylation is 2. The lowest BCUT2D eigenvalue weighted by atomic mass is 10.0. The fraction of sp³-hybridized carbons (Fsp3) is 0.161. The monoisotopic (exact) mass is 544 g/mol. The van der Waals surface area contributed by atoms with Crippen molar-refractivity contribution in [3.05, 3.63) is 144 Å². The van der Waals surface area contributed by atoms with E-state index in [4.69, 9.17) is 10.5 Å². The molecule has 0 radical (unpaired) electrons. The second kappa shape index (κ2) is 16.5. The smallest absolute Gasteiger partial charge is 0.426 e. The first-order valence-electron chi connectivity index (χ1n) is 12.4. The number of nitrogens with two attached hydrogens (primary N) is 1. The van der Waals surface area contributed by atoms with Crippen molar-refractivity contribution in [2.24, 2.45) is 5.73 Å². The highest BCUT2D eigenvalue weighted by molar-refractivity contribution is 7.34. The van der Waals surface area contributed by atoms with Gasteiger partial charge in [0.15, 0.2) is 0 Å². The molecule has 0 amide bonds. The number of benzene rings is 4. The number of rotatable bonds is 10. The summed E-state index contributed by atoms with van der Waals surface area (Å²) in [5, 5.41) is 0. The summed E-state index contributed by atoms with van der Waals surface area (Å²) in [6.45, 7) is -0.0513. The Bertz CT molecular complexity index is 1250. The molecule has 0 heterocycles. The lowest BCUT2D eigenvalue weighted by Crippen LogP contribution is -2.33. The van der Waals surface area contributed by atoms with Gasteiger partial charge in [-0.1, -0.05) is 121 Å². The molecule has 0 aliphatic heterocycles. The largest absolute Gasteiger partial charge is 0.815 e. The van der Waals surface area contributed by atoms with Crippen LogP contribution in [0.25, 0.3) is 0 Å². The van der Waals surface area contributed by atoms with E-state index in [2.05, 4.69) is 69.7 Å². The Hall–Kier alpha value is -4.32. The maximum atomic E-state index is 11.8. The Morgan fingerprint density at radius 1 is 0.615 bits per heavy atom. The van der Waals surface area contributed by atoms with Crippen molar-refractivity contribution in [3.63, 3.8) is 0 Å². The van der Waals surface area contributed by atoms with Crippen molar-refractivity contribution in [3.8, 4) is 0 Å². The van der Waals surface area contributed by atoms with Gasteiger partial charge in [0.1, 0.15) is 12.6 Å². The highest BCUT2D eigenvalue weighted by Gasteiger charge is 2.35. The first kappa shape index (κ1) is 29.2. The fourth-order valence-electron chi connectivity index (χ4n) is 3.49. The molecule has 0 saturated heterocycles. The third kappa shape index (κ3) is 11.7. The minimum absolute atomic E-state index is 0.0513. The van der Waals surface area contributed by atoms with Crippen LogP contribution in [0.1, 0.15) is 22.3 Å². The Balaban J connectivity index is 0.000000252. The summed E-state index contributed by atoms with van der Waals surface area (Å²) in [7, 11) is -3.00. The number of carbonyl (C=O) groups excluding carboxylic acids is 2. The van der Waals surface area contributed by atoms with Gasteiger partial charge in [-0.2, -0.15) is 9.32 Å². The summed E-state index contributed by atoms with van der Waals surface area (Å²) < 4.78 is 25.2. The second-order valence-corrected chi connectivity index (χ2v) is 9.33. The molecule has 2 unspecified atom stereocenters. The van der Waals surface area contributed by atoms with Crippen LogP contribution in [0.3, 0.4) is 0 Å². The average Bonchev–Trinajstić information content (AvgIpc) is 2.97. The molecular formula is C31H31NO6P+. The Morgan fingerprint density at radius 2 is 1.03 bits per heavy atom. The molecule has 8 heteroatoms. The summed E-state index contributed by atoms with van der Waals surface area (Å²) >= 11 is 0. The quantitative estimate of drug-likeness (QED) is 0.178. The van der Waals surface area contributed by atoms with Gasteiger partial charge in [-0.15, -0.1) is 4.52 Å². The van der Waals surface area contributed by atoms with Crippen LogP contribution in [-0.4, -0.2) is 18.2 Å². The van der Waals surface area contributed by atoms with E-state index in [1.165, 1.54) is 11.1 Å². The van der Waals surface area contributed by atoms with Crippen molar-refractivity contribution >= 4 is 20.4 Å². The van der Waals surface area contributed by atoms with Crippen molar-refractivity contribution < 1.29 is 27.9 Å². The first-order valence-corrected chi connectivity index (χ1v) is 13.5. The molecule has 2 atom stereocenters. The van der Waals surface area contributed by atoms with E-state index in [-0.39, 0.29) is 13.0 Å². The standard InChI is InChI=1S/C17H17NO6P.C14H14/c18-15(11-13-7-3-1-4-8-13)16(19)23-25(21)24-17(20)22-12-14-9-5-2-6-10-14;1-3-7-13(8-4-1)11-12-14-9-5-2-6-10-14/h1-10,15H,11-12,18H2;1-10H,11-12H2/q+1;. The molecule has 4 rings (SSSR count). The highest BCUT2D eigenvalue weighted by Crippen LogP contribution is 2.25. The van der Waals surface area contributed by atoms with Crippen LogP contribution in [-0.2, 0) is 49.0 Å². The van der Waals surface area contributed by atoms with E-state index in [0.717, 1.165) is 24.0 Å². The average molecular weight is 545 g/mol. The molecule has 4 aromatic rings. The second-order valence-electron chi connectivity index (χ2n) is 8.52. The van der Waals surface area contributed by atoms with Crippen molar-refractivity contribution in [1.29, 1.82) is 0 Å². The molecule has 2 N–H and O–H groups in total. The molecular weight excluding hydrogens is 513 g/mol. The van der Waals surface area contributed by atoms with Crippen LogP contribution in [0.2, 0.25) is 0 Å². The van der Waals surface area contributed by atoms with E-state index < -0.39 is 26.4 Å². The van der Waals surface area contributed by atoms with E-state index in [0.29, 0.717) is 0 Å². The van der Waals surface area contributed by atoms with E-state index in [1.807, 2.05) is 12.1 Å². The minimum Gasteiger partial charge on any atom is -0.426 e. The highest BCUT2D eigenvalue weighted by atomic mass is 31.1. The molecule has 0 saturated carbocycles. The predicted octanol–water partition coefficient (Wildman–Crippen LogP) is 6.58. The van der Waals surface area contributed by atoms with Crippen molar-refractivity contribution in [2.45, 2.75) is 31.9 Å². The Morgan fingerprint density at radius 3 is 1.49 bits per heavy atom. The molecule has 0 aliphatic rings. The van der Waals surface area contributed by atoms with Gasteiger partial charge < -0.3 is 10.5 Å².